The van der Waals surface area contributed by atoms with Crippen LogP contribution in [0.2, 0.25) is 4.34 Å². The van der Waals surface area contributed by atoms with Crippen LogP contribution in [0.3, 0.4) is 0 Å². The summed E-state index contributed by atoms with van der Waals surface area (Å²) in [5, 5.41) is 3.35. The summed E-state index contributed by atoms with van der Waals surface area (Å²) in [4.78, 5) is 1.21. The zero-order valence-electron chi connectivity index (χ0n) is 9.93. The topological polar surface area (TPSA) is 12.0 Å². The number of rotatable bonds is 3. The van der Waals surface area contributed by atoms with Gasteiger partial charge in [0.05, 0.1) is 6.04 Å². The largest absolute Gasteiger partial charge is 0.309 e. The number of aryl methyl sites for hydroxylation is 1. The van der Waals surface area contributed by atoms with Crippen LogP contribution in [0.5, 0.6) is 0 Å². The minimum Gasteiger partial charge on any atom is -0.309 e. The average Bonchev–Trinajstić information content (AvgIpc) is 2.63. The van der Waals surface area contributed by atoms with Gasteiger partial charge in [0, 0.05) is 13.8 Å². The van der Waals surface area contributed by atoms with Crippen LogP contribution in [0, 0.1) is 6.92 Å². The highest BCUT2D eigenvalue weighted by atomic mass is 79.9. The number of halogens is 3. The Labute approximate surface area is 133 Å². The number of nitrogens with one attached hydrogen (secondary N) is 1. The van der Waals surface area contributed by atoms with Gasteiger partial charge in [-0.25, -0.2) is 0 Å². The van der Waals surface area contributed by atoms with Crippen LogP contribution >= 0.6 is 54.8 Å². The minimum atomic E-state index is 0.173. The van der Waals surface area contributed by atoms with Crippen molar-refractivity contribution in [3.05, 3.63) is 53.6 Å². The molecule has 0 spiro atoms. The van der Waals surface area contributed by atoms with Crippen molar-refractivity contribution < 1.29 is 0 Å². The second kappa shape index (κ2) is 6.06. The van der Waals surface area contributed by atoms with Gasteiger partial charge >= 0.3 is 0 Å². The molecule has 1 atom stereocenters. The second-order valence-corrected chi connectivity index (χ2v) is 7.45. The summed E-state index contributed by atoms with van der Waals surface area (Å²) in [6, 6.07) is 8.59. The molecule has 1 heterocycles. The molecule has 0 saturated carbocycles. The first-order chi connectivity index (χ1) is 8.52. The highest BCUT2D eigenvalue weighted by molar-refractivity contribution is 9.10. The number of thiophene rings is 1. The van der Waals surface area contributed by atoms with Crippen molar-refractivity contribution in [3.63, 3.8) is 0 Å². The molecule has 0 aliphatic heterocycles. The van der Waals surface area contributed by atoms with Gasteiger partial charge in [-0.05, 0) is 59.2 Å². The third kappa shape index (κ3) is 2.99. The van der Waals surface area contributed by atoms with E-state index in [1.54, 1.807) is 11.3 Å². The van der Waals surface area contributed by atoms with Gasteiger partial charge in [0.25, 0.3) is 0 Å². The molecule has 0 saturated heterocycles. The fourth-order valence-electron chi connectivity index (χ4n) is 1.92. The Morgan fingerprint density at radius 2 is 2.00 bits per heavy atom. The highest BCUT2D eigenvalue weighted by Gasteiger charge is 2.18. The predicted octanol–water partition coefficient (Wildman–Crippen LogP) is 5.54. The molecular formula is C13H12Br2ClNS. The Bertz CT molecular complexity index is 549. The number of hydrogen-bond donors (Lipinski definition) is 1. The van der Waals surface area contributed by atoms with Crippen molar-refractivity contribution in [1.29, 1.82) is 0 Å². The summed E-state index contributed by atoms with van der Waals surface area (Å²) in [7, 11) is 1.97. The Balaban J connectivity index is 2.45. The van der Waals surface area contributed by atoms with Gasteiger partial charge in [-0.15, -0.1) is 11.3 Å². The number of benzene rings is 1. The Morgan fingerprint density at radius 1 is 1.28 bits per heavy atom. The normalized spacial score (nSPS) is 12.7. The zero-order chi connectivity index (χ0) is 13.3. The van der Waals surface area contributed by atoms with Crippen LogP contribution < -0.4 is 5.32 Å². The molecule has 1 N–H and O–H groups in total. The van der Waals surface area contributed by atoms with Crippen LogP contribution in [0.15, 0.2) is 33.2 Å². The van der Waals surface area contributed by atoms with Crippen molar-refractivity contribution >= 4 is 54.8 Å². The molecule has 2 aromatic rings. The van der Waals surface area contributed by atoms with E-state index in [-0.39, 0.29) is 6.04 Å². The molecule has 0 bridgehead atoms. The number of hydrogen-bond acceptors (Lipinski definition) is 2. The molecule has 5 heteroatoms. The Kier molecular flexibility index (Phi) is 4.89. The van der Waals surface area contributed by atoms with E-state index in [2.05, 4.69) is 68.4 Å². The van der Waals surface area contributed by atoms with Gasteiger partial charge in [-0.2, -0.15) is 0 Å². The smallest absolute Gasteiger partial charge is 0.107 e. The maximum atomic E-state index is 6.12. The SMILES string of the molecule is CNC(c1cc(Br)c(Cl)s1)c1ccc(Br)cc1C. The Morgan fingerprint density at radius 3 is 2.50 bits per heavy atom. The lowest BCUT2D eigenvalue weighted by molar-refractivity contribution is 0.699. The zero-order valence-corrected chi connectivity index (χ0v) is 14.7. The lowest BCUT2D eigenvalue weighted by atomic mass is 10.0. The van der Waals surface area contributed by atoms with E-state index in [4.69, 9.17) is 11.6 Å². The third-order valence-electron chi connectivity index (χ3n) is 2.78. The quantitative estimate of drug-likeness (QED) is 0.701. The Hall–Kier alpha value is 0.130. The molecule has 1 nitrogen and oxygen atoms in total. The first-order valence-electron chi connectivity index (χ1n) is 5.41. The van der Waals surface area contributed by atoms with Crippen LogP contribution in [0.25, 0.3) is 0 Å². The predicted molar refractivity (Wildman–Crippen MR) is 86.8 cm³/mol. The van der Waals surface area contributed by atoms with Gasteiger partial charge in [-0.1, -0.05) is 33.6 Å². The summed E-state index contributed by atoms with van der Waals surface area (Å²) >= 11 is 14.7. The van der Waals surface area contributed by atoms with E-state index < -0.39 is 0 Å². The first kappa shape index (κ1) is 14.5. The van der Waals surface area contributed by atoms with E-state index in [1.807, 2.05) is 7.05 Å². The van der Waals surface area contributed by atoms with Crippen LogP contribution in [-0.4, -0.2) is 7.05 Å². The lowest BCUT2D eigenvalue weighted by Crippen LogP contribution is -2.17. The molecule has 18 heavy (non-hydrogen) atoms. The van der Waals surface area contributed by atoms with Crippen LogP contribution in [0.4, 0.5) is 0 Å². The fraction of sp³-hybridized carbons (Fsp3) is 0.231. The van der Waals surface area contributed by atoms with Crippen molar-refractivity contribution in [2.75, 3.05) is 7.05 Å². The molecule has 0 amide bonds. The van der Waals surface area contributed by atoms with Gasteiger partial charge < -0.3 is 5.32 Å². The summed E-state index contributed by atoms with van der Waals surface area (Å²) in [5.74, 6) is 0. The highest BCUT2D eigenvalue weighted by Crippen LogP contribution is 2.38. The molecule has 2 rings (SSSR count). The molecule has 1 aromatic heterocycles. The monoisotopic (exact) mass is 407 g/mol. The van der Waals surface area contributed by atoms with Crippen molar-refractivity contribution in [2.45, 2.75) is 13.0 Å². The second-order valence-electron chi connectivity index (χ2n) is 3.99. The molecular weight excluding hydrogens is 397 g/mol. The van der Waals surface area contributed by atoms with E-state index >= 15 is 0 Å². The molecule has 96 valence electrons. The van der Waals surface area contributed by atoms with Gasteiger partial charge in [0.15, 0.2) is 0 Å². The van der Waals surface area contributed by atoms with Crippen molar-refractivity contribution in [3.8, 4) is 0 Å². The van der Waals surface area contributed by atoms with Gasteiger partial charge in [0.1, 0.15) is 4.34 Å². The van der Waals surface area contributed by atoms with Crippen molar-refractivity contribution in [2.24, 2.45) is 0 Å². The fourth-order valence-corrected chi connectivity index (χ4v) is 4.26. The van der Waals surface area contributed by atoms with Gasteiger partial charge in [0.2, 0.25) is 0 Å². The van der Waals surface area contributed by atoms with E-state index in [0.29, 0.717) is 0 Å². The molecule has 1 aromatic carbocycles. The van der Waals surface area contributed by atoms with E-state index in [0.717, 1.165) is 13.3 Å². The maximum Gasteiger partial charge on any atom is 0.107 e. The molecule has 0 aliphatic carbocycles. The van der Waals surface area contributed by atoms with Crippen LogP contribution in [-0.2, 0) is 0 Å². The molecule has 0 aliphatic rings. The van der Waals surface area contributed by atoms with E-state index in [1.165, 1.54) is 16.0 Å². The lowest BCUT2D eigenvalue weighted by Gasteiger charge is -2.17. The first-order valence-corrected chi connectivity index (χ1v) is 8.19. The average molecular weight is 410 g/mol. The molecule has 1 unspecified atom stereocenters. The summed E-state index contributed by atoms with van der Waals surface area (Å²) in [6.07, 6.45) is 0. The van der Waals surface area contributed by atoms with Crippen LogP contribution in [0.1, 0.15) is 22.0 Å². The molecule has 0 radical (unpaired) electrons. The minimum absolute atomic E-state index is 0.173. The molecule has 0 fully saturated rings. The third-order valence-corrected chi connectivity index (χ3v) is 5.81. The summed E-state index contributed by atoms with van der Waals surface area (Å²) in [6.45, 7) is 2.12. The van der Waals surface area contributed by atoms with Crippen molar-refractivity contribution in [1.82, 2.24) is 5.32 Å². The summed E-state index contributed by atoms with van der Waals surface area (Å²) < 4.78 is 2.85. The maximum absolute atomic E-state index is 6.12. The standard InChI is InChI=1S/C13H12Br2ClNS/c1-7-5-8(14)3-4-9(7)12(17-2)11-6-10(15)13(16)18-11/h3-6,12,17H,1-2H3. The van der Waals surface area contributed by atoms with Gasteiger partial charge in [-0.3, -0.25) is 0 Å². The summed E-state index contributed by atoms with van der Waals surface area (Å²) in [5.41, 5.74) is 2.52. The van der Waals surface area contributed by atoms with E-state index in [9.17, 15) is 0 Å².